The van der Waals surface area contributed by atoms with Gasteiger partial charge in [-0.3, -0.25) is 4.99 Å². The molecule has 3 rings (SSSR count). The van der Waals surface area contributed by atoms with Gasteiger partial charge in [0, 0.05) is 11.8 Å². The third-order valence-electron chi connectivity index (χ3n) is 3.27. The minimum absolute atomic E-state index is 0.296. The van der Waals surface area contributed by atoms with Crippen LogP contribution in [-0.4, -0.2) is 17.0 Å². The zero-order valence-electron chi connectivity index (χ0n) is 12.0. The van der Waals surface area contributed by atoms with E-state index in [9.17, 15) is 9.50 Å². The monoisotopic (exact) mass is 298 g/mol. The van der Waals surface area contributed by atoms with Crippen LogP contribution in [0.4, 0.5) is 4.39 Å². The van der Waals surface area contributed by atoms with Crippen LogP contribution in [-0.2, 0) is 0 Å². The molecule has 1 atom stereocenters. The van der Waals surface area contributed by atoms with Gasteiger partial charge in [-0.2, -0.15) is 0 Å². The fourth-order valence-electron chi connectivity index (χ4n) is 2.04. The second kappa shape index (κ2) is 5.99. The average Bonchev–Trinajstić information content (AvgIpc) is 2.53. The van der Waals surface area contributed by atoms with E-state index in [0.717, 1.165) is 11.3 Å². The molecule has 22 heavy (non-hydrogen) atoms. The van der Waals surface area contributed by atoms with E-state index in [0.29, 0.717) is 17.2 Å². The van der Waals surface area contributed by atoms with Crippen LogP contribution in [0.15, 0.2) is 59.7 Å². The maximum atomic E-state index is 12.8. The summed E-state index contributed by atoms with van der Waals surface area (Å²) in [7, 11) is 0. The summed E-state index contributed by atoms with van der Waals surface area (Å²) in [6, 6.07) is 13.2. The van der Waals surface area contributed by atoms with E-state index in [1.807, 2.05) is 24.3 Å². The molecule has 0 aliphatic carbocycles. The van der Waals surface area contributed by atoms with Crippen LogP contribution in [0.2, 0.25) is 0 Å². The van der Waals surface area contributed by atoms with Crippen LogP contribution in [0.5, 0.6) is 11.5 Å². The molecular weight excluding hydrogens is 283 g/mol. The molecule has 1 heterocycles. The summed E-state index contributed by atoms with van der Waals surface area (Å²) in [6.45, 7) is 1.76. The fraction of sp³-hybridized carbons (Fsp3) is 0.118. The third-order valence-corrected chi connectivity index (χ3v) is 3.27. The number of aliphatic imine (C=N–C) groups is 1. The third kappa shape index (κ3) is 3.15. The van der Waals surface area contributed by atoms with E-state index in [-0.39, 0.29) is 5.82 Å². The average molecular weight is 298 g/mol. The number of nitrogens with zero attached hydrogens (tertiary/aromatic N) is 1. The topological polar surface area (TPSA) is 53.8 Å². The van der Waals surface area contributed by atoms with Crippen molar-refractivity contribution in [3.05, 3.63) is 66.1 Å². The van der Waals surface area contributed by atoms with E-state index < -0.39 is 6.23 Å². The summed E-state index contributed by atoms with van der Waals surface area (Å²) in [4.78, 5) is 4.34. The first-order valence-corrected chi connectivity index (χ1v) is 6.85. The molecule has 0 fully saturated rings. The first-order chi connectivity index (χ1) is 10.6. The van der Waals surface area contributed by atoms with Crippen LogP contribution in [0.1, 0.15) is 12.5 Å². The summed E-state index contributed by atoms with van der Waals surface area (Å²) < 4.78 is 18.5. The van der Waals surface area contributed by atoms with Crippen molar-refractivity contribution >= 4 is 11.4 Å². The molecule has 5 heteroatoms. The highest BCUT2D eigenvalue weighted by Crippen LogP contribution is 2.25. The number of hydrogen-bond acceptors (Lipinski definition) is 4. The molecule has 1 unspecified atom stereocenters. The molecule has 0 amide bonds. The van der Waals surface area contributed by atoms with Crippen LogP contribution in [0.3, 0.4) is 0 Å². The minimum atomic E-state index is -0.732. The molecule has 112 valence electrons. The SMILES string of the molecule is CC1=NC(c2ccc(Oc3ccc(F)cc3)cc2)=CNC1O. The van der Waals surface area contributed by atoms with Gasteiger partial charge in [0.25, 0.3) is 0 Å². The van der Waals surface area contributed by atoms with Crippen LogP contribution in [0.25, 0.3) is 5.70 Å². The smallest absolute Gasteiger partial charge is 0.163 e. The first-order valence-electron chi connectivity index (χ1n) is 6.85. The lowest BCUT2D eigenvalue weighted by Gasteiger charge is -2.17. The molecule has 0 spiro atoms. The summed E-state index contributed by atoms with van der Waals surface area (Å²) in [6.07, 6.45) is 0.942. The van der Waals surface area contributed by atoms with Gasteiger partial charge in [0.1, 0.15) is 17.3 Å². The molecule has 0 radical (unpaired) electrons. The van der Waals surface area contributed by atoms with E-state index in [2.05, 4.69) is 10.3 Å². The predicted octanol–water partition coefficient (Wildman–Crippen LogP) is 3.30. The van der Waals surface area contributed by atoms with E-state index >= 15 is 0 Å². The van der Waals surface area contributed by atoms with E-state index in [4.69, 9.17) is 4.74 Å². The summed E-state index contributed by atoms with van der Waals surface area (Å²) in [5.41, 5.74) is 2.27. The highest BCUT2D eigenvalue weighted by molar-refractivity contribution is 5.92. The number of rotatable bonds is 3. The molecule has 2 N–H and O–H groups in total. The largest absolute Gasteiger partial charge is 0.457 e. The highest BCUT2D eigenvalue weighted by atomic mass is 19.1. The fourth-order valence-corrected chi connectivity index (χ4v) is 2.04. The Balaban J connectivity index is 1.74. The van der Waals surface area contributed by atoms with Gasteiger partial charge in [-0.15, -0.1) is 0 Å². The van der Waals surface area contributed by atoms with Gasteiger partial charge in [0.2, 0.25) is 0 Å². The van der Waals surface area contributed by atoms with Crippen LogP contribution in [0, 0.1) is 5.82 Å². The zero-order valence-corrected chi connectivity index (χ0v) is 12.0. The lowest BCUT2D eigenvalue weighted by atomic mass is 10.1. The molecule has 4 nitrogen and oxygen atoms in total. The molecule has 2 aromatic carbocycles. The maximum Gasteiger partial charge on any atom is 0.163 e. The lowest BCUT2D eigenvalue weighted by molar-refractivity contribution is 0.219. The zero-order chi connectivity index (χ0) is 15.5. The predicted molar refractivity (Wildman–Crippen MR) is 83.1 cm³/mol. The Morgan fingerprint density at radius 1 is 1.05 bits per heavy atom. The van der Waals surface area contributed by atoms with Gasteiger partial charge in [-0.05, 0) is 55.5 Å². The summed E-state index contributed by atoms with van der Waals surface area (Å²) in [5.74, 6) is 0.931. The quantitative estimate of drug-likeness (QED) is 0.914. The van der Waals surface area contributed by atoms with Crippen molar-refractivity contribution in [1.29, 1.82) is 0 Å². The standard InChI is InChI=1S/C17H15FN2O2/c1-11-17(21)19-10-16(20-11)12-2-6-14(7-3-12)22-15-8-4-13(18)5-9-15/h2-10,17,19,21H,1H3. The van der Waals surface area contributed by atoms with Gasteiger partial charge in [0.15, 0.2) is 6.23 Å². The van der Waals surface area contributed by atoms with Crippen molar-refractivity contribution < 1.29 is 14.2 Å². The maximum absolute atomic E-state index is 12.8. The minimum Gasteiger partial charge on any atom is -0.457 e. The van der Waals surface area contributed by atoms with Gasteiger partial charge in [0.05, 0.1) is 11.4 Å². The molecule has 0 saturated heterocycles. The molecular formula is C17H15FN2O2. The molecule has 0 saturated carbocycles. The lowest BCUT2D eigenvalue weighted by Crippen LogP contribution is -2.33. The number of aliphatic hydroxyl groups is 1. The molecule has 1 aliphatic rings. The van der Waals surface area contributed by atoms with Gasteiger partial charge in [-0.1, -0.05) is 0 Å². The molecule has 0 aromatic heterocycles. The Morgan fingerprint density at radius 3 is 2.23 bits per heavy atom. The van der Waals surface area contributed by atoms with E-state index in [1.165, 1.54) is 12.1 Å². The molecule has 1 aliphatic heterocycles. The number of hydrogen-bond donors (Lipinski definition) is 2. The van der Waals surface area contributed by atoms with Crippen LogP contribution < -0.4 is 10.1 Å². The number of aliphatic hydroxyl groups excluding tert-OH is 1. The van der Waals surface area contributed by atoms with Crippen molar-refractivity contribution in [1.82, 2.24) is 5.32 Å². The first kappa shape index (κ1) is 14.3. The van der Waals surface area contributed by atoms with Gasteiger partial charge >= 0.3 is 0 Å². The van der Waals surface area contributed by atoms with Crippen molar-refractivity contribution in [3.63, 3.8) is 0 Å². The number of nitrogens with one attached hydrogen (secondary N) is 1. The molecule has 2 aromatic rings. The van der Waals surface area contributed by atoms with Crippen LogP contribution >= 0.6 is 0 Å². The summed E-state index contributed by atoms with van der Waals surface area (Å²) in [5, 5.41) is 12.4. The second-order valence-electron chi connectivity index (χ2n) is 4.93. The number of ether oxygens (including phenoxy) is 1. The Kier molecular flexibility index (Phi) is 3.89. The summed E-state index contributed by atoms with van der Waals surface area (Å²) >= 11 is 0. The number of halogens is 1. The van der Waals surface area contributed by atoms with Crippen molar-refractivity contribution in [2.24, 2.45) is 4.99 Å². The Bertz CT molecular complexity index is 721. The van der Waals surface area contributed by atoms with Crippen molar-refractivity contribution in [3.8, 4) is 11.5 Å². The normalized spacial score (nSPS) is 17.3. The Labute approximate surface area is 127 Å². The highest BCUT2D eigenvalue weighted by Gasteiger charge is 2.13. The van der Waals surface area contributed by atoms with Gasteiger partial charge in [-0.25, -0.2) is 4.39 Å². The molecule has 0 bridgehead atoms. The van der Waals surface area contributed by atoms with Gasteiger partial charge < -0.3 is 15.2 Å². The second-order valence-corrected chi connectivity index (χ2v) is 4.93. The van der Waals surface area contributed by atoms with Crippen molar-refractivity contribution in [2.45, 2.75) is 13.2 Å². The number of benzene rings is 2. The van der Waals surface area contributed by atoms with E-state index in [1.54, 1.807) is 25.3 Å². The Hall–Kier alpha value is -2.66. The Morgan fingerprint density at radius 2 is 1.64 bits per heavy atom. The van der Waals surface area contributed by atoms with Crippen molar-refractivity contribution in [2.75, 3.05) is 0 Å².